The predicted octanol–water partition coefficient (Wildman–Crippen LogP) is 4.35. The van der Waals surface area contributed by atoms with Gasteiger partial charge in [0.25, 0.3) is 0 Å². The highest BCUT2D eigenvalue weighted by atomic mass is 32.1. The first-order chi connectivity index (χ1) is 17.1. The molecule has 35 heavy (non-hydrogen) atoms. The third kappa shape index (κ3) is 6.53. The second-order valence-corrected chi connectivity index (χ2v) is 9.81. The molecule has 2 heterocycles. The van der Waals surface area contributed by atoms with Gasteiger partial charge in [0.2, 0.25) is 5.91 Å². The van der Waals surface area contributed by atoms with E-state index in [1.807, 2.05) is 31.2 Å². The minimum absolute atomic E-state index is 0.0876. The van der Waals surface area contributed by atoms with Crippen LogP contribution in [0.4, 0.5) is 9.80 Å². The van der Waals surface area contributed by atoms with Crippen molar-refractivity contribution in [1.82, 2.24) is 5.32 Å². The van der Waals surface area contributed by atoms with Crippen LogP contribution in [0.1, 0.15) is 54.2 Å². The fourth-order valence-corrected chi connectivity index (χ4v) is 5.78. The number of nitriles is 1. The predicted molar refractivity (Wildman–Crippen MR) is 133 cm³/mol. The van der Waals surface area contributed by atoms with E-state index in [9.17, 15) is 14.9 Å². The number of alkyl carbamates (subject to hydrolysis) is 1. The fourth-order valence-electron chi connectivity index (χ4n) is 4.50. The molecule has 1 atom stereocenters. The molecule has 8 nitrogen and oxygen atoms in total. The standard InChI is InChI=1S/C26H31N3O5S/c1-2-33-22-6-4-3-5-17(22)7-10-24(30)29-25-21(16-27)20-9-8-19(15-23(20)35-25)34-26(31)28-18-11-13-32-14-12-18/h3-6,18-19H,2,7-15H2,1H3,(H,28,31)(H,29,30). The monoisotopic (exact) mass is 497 g/mol. The quantitative estimate of drug-likeness (QED) is 0.561. The van der Waals surface area contributed by atoms with Crippen molar-refractivity contribution in [3.63, 3.8) is 0 Å². The molecule has 1 aliphatic heterocycles. The lowest BCUT2D eigenvalue weighted by Gasteiger charge is -2.26. The normalized spacial score (nSPS) is 17.7. The summed E-state index contributed by atoms with van der Waals surface area (Å²) >= 11 is 1.41. The number of anilines is 1. The molecule has 0 bridgehead atoms. The van der Waals surface area contributed by atoms with Gasteiger partial charge in [-0.1, -0.05) is 18.2 Å². The number of nitrogens with one attached hydrogen (secondary N) is 2. The van der Waals surface area contributed by atoms with E-state index in [4.69, 9.17) is 14.2 Å². The fraction of sp³-hybridized carbons (Fsp3) is 0.500. The Bertz CT molecular complexity index is 1090. The lowest BCUT2D eigenvalue weighted by atomic mass is 9.94. The number of hydrogen-bond acceptors (Lipinski definition) is 7. The molecule has 1 saturated heterocycles. The zero-order valence-electron chi connectivity index (χ0n) is 19.9. The third-order valence-electron chi connectivity index (χ3n) is 6.30. The molecule has 1 unspecified atom stereocenters. The summed E-state index contributed by atoms with van der Waals surface area (Å²) in [5, 5.41) is 16.2. The molecule has 9 heteroatoms. The summed E-state index contributed by atoms with van der Waals surface area (Å²) in [6.07, 6.45) is 3.62. The number of aryl methyl sites for hydroxylation is 1. The molecule has 2 N–H and O–H groups in total. The highest BCUT2D eigenvalue weighted by Crippen LogP contribution is 2.38. The molecule has 4 rings (SSSR count). The van der Waals surface area contributed by atoms with Gasteiger partial charge in [-0.15, -0.1) is 11.3 Å². The molecule has 0 saturated carbocycles. The topological polar surface area (TPSA) is 110 Å². The average molecular weight is 498 g/mol. The summed E-state index contributed by atoms with van der Waals surface area (Å²) in [7, 11) is 0. The summed E-state index contributed by atoms with van der Waals surface area (Å²) in [5.74, 6) is 0.647. The minimum atomic E-state index is -0.400. The molecule has 1 fully saturated rings. The van der Waals surface area contributed by atoms with Gasteiger partial charge in [-0.3, -0.25) is 4.79 Å². The Balaban J connectivity index is 1.33. The van der Waals surface area contributed by atoms with Crippen molar-refractivity contribution >= 4 is 28.3 Å². The largest absolute Gasteiger partial charge is 0.494 e. The molecule has 2 aromatic rings. The Kier molecular flexibility index (Phi) is 8.61. The maximum atomic E-state index is 12.7. The number of hydrogen-bond donors (Lipinski definition) is 2. The summed E-state index contributed by atoms with van der Waals surface area (Å²) in [6, 6.07) is 10.1. The molecule has 186 valence electrons. The van der Waals surface area contributed by atoms with Crippen molar-refractivity contribution in [1.29, 1.82) is 5.26 Å². The van der Waals surface area contributed by atoms with Gasteiger partial charge < -0.3 is 24.8 Å². The second-order valence-electron chi connectivity index (χ2n) is 8.71. The van der Waals surface area contributed by atoms with Crippen LogP contribution in [0.3, 0.4) is 0 Å². The third-order valence-corrected chi connectivity index (χ3v) is 7.47. The summed E-state index contributed by atoms with van der Waals surface area (Å²) < 4.78 is 16.6. The van der Waals surface area contributed by atoms with Crippen molar-refractivity contribution in [2.45, 2.75) is 64.0 Å². The SMILES string of the molecule is CCOc1ccccc1CCC(=O)Nc1sc2c(c1C#N)CCC(OC(=O)NC1CCOCC1)C2. The van der Waals surface area contributed by atoms with E-state index in [0.717, 1.165) is 34.6 Å². The summed E-state index contributed by atoms with van der Waals surface area (Å²) in [6.45, 7) is 3.80. The van der Waals surface area contributed by atoms with Crippen LogP contribution in [-0.4, -0.2) is 44.0 Å². The van der Waals surface area contributed by atoms with Gasteiger partial charge in [-0.05, 0) is 56.2 Å². The lowest BCUT2D eigenvalue weighted by molar-refractivity contribution is -0.116. The molecule has 1 aromatic heterocycles. The van der Waals surface area contributed by atoms with Crippen LogP contribution in [0.5, 0.6) is 5.75 Å². The van der Waals surface area contributed by atoms with Crippen molar-refractivity contribution in [3.05, 3.63) is 45.8 Å². The molecular formula is C26H31N3O5S. The Morgan fingerprint density at radius 1 is 1.23 bits per heavy atom. The van der Waals surface area contributed by atoms with Crippen LogP contribution < -0.4 is 15.4 Å². The van der Waals surface area contributed by atoms with E-state index >= 15 is 0 Å². The van der Waals surface area contributed by atoms with Gasteiger partial charge in [0.15, 0.2) is 0 Å². The zero-order chi connectivity index (χ0) is 24.6. The average Bonchev–Trinajstić information content (AvgIpc) is 3.20. The molecular weight excluding hydrogens is 466 g/mol. The van der Waals surface area contributed by atoms with Crippen LogP contribution in [-0.2, 0) is 33.5 Å². The number of amides is 2. The van der Waals surface area contributed by atoms with Gasteiger partial charge in [0.1, 0.15) is 22.9 Å². The highest BCUT2D eigenvalue weighted by Gasteiger charge is 2.29. The smallest absolute Gasteiger partial charge is 0.407 e. The molecule has 0 radical (unpaired) electrons. The van der Waals surface area contributed by atoms with Gasteiger partial charge in [-0.25, -0.2) is 4.79 Å². The van der Waals surface area contributed by atoms with Crippen LogP contribution in [0.15, 0.2) is 24.3 Å². The number of fused-ring (bicyclic) bond motifs is 1. The number of carbonyl (C=O) groups is 2. The van der Waals surface area contributed by atoms with Gasteiger partial charge in [0, 0.05) is 37.0 Å². The maximum absolute atomic E-state index is 12.7. The molecule has 2 aliphatic rings. The van der Waals surface area contributed by atoms with Crippen molar-refractivity contribution in [3.8, 4) is 11.8 Å². The van der Waals surface area contributed by atoms with E-state index < -0.39 is 6.09 Å². The van der Waals surface area contributed by atoms with Crippen LogP contribution >= 0.6 is 11.3 Å². The van der Waals surface area contributed by atoms with E-state index in [-0.39, 0.29) is 24.5 Å². The van der Waals surface area contributed by atoms with Crippen molar-refractivity contribution in [2.75, 3.05) is 25.1 Å². The number of ether oxygens (including phenoxy) is 3. The zero-order valence-corrected chi connectivity index (χ0v) is 20.7. The number of thiophene rings is 1. The number of nitrogens with zero attached hydrogens (tertiary/aromatic N) is 1. The van der Waals surface area contributed by atoms with Gasteiger partial charge in [-0.2, -0.15) is 5.26 Å². The number of benzene rings is 1. The first-order valence-electron chi connectivity index (χ1n) is 12.2. The summed E-state index contributed by atoms with van der Waals surface area (Å²) in [5.41, 5.74) is 2.46. The van der Waals surface area contributed by atoms with Crippen LogP contribution in [0.25, 0.3) is 0 Å². The minimum Gasteiger partial charge on any atom is -0.494 e. The summed E-state index contributed by atoms with van der Waals surface area (Å²) in [4.78, 5) is 26.0. The first-order valence-corrected chi connectivity index (χ1v) is 13.0. The molecule has 1 aliphatic carbocycles. The Labute approximate surface area is 209 Å². The van der Waals surface area contributed by atoms with Crippen LogP contribution in [0, 0.1) is 11.3 Å². The van der Waals surface area contributed by atoms with E-state index in [2.05, 4.69) is 16.7 Å². The van der Waals surface area contributed by atoms with E-state index in [1.165, 1.54) is 11.3 Å². The second kappa shape index (κ2) is 12.0. The van der Waals surface area contributed by atoms with E-state index in [0.29, 0.717) is 56.1 Å². The van der Waals surface area contributed by atoms with Crippen LogP contribution in [0.2, 0.25) is 0 Å². The maximum Gasteiger partial charge on any atom is 0.407 e. The van der Waals surface area contributed by atoms with E-state index in [1.54, 1.807) is 0 Å². The Hall–Kier alpha value is -3.09. The first kappa shape index (κ1) is 25.0. The Morgan fingerprint density at radius 3 is 2.80 bits per heavy atom. The van der Waals surface area contributed by atoms with Crippen molar-refractivity contribution in [2.24, 2.45) is 0 Å². The van der Waals surface area contributed by atoms with Crippen molar-refractivity contribution < 1.29 is 23.8 Å². The number of carbonyl (C=O) groups excluding carboxylic acids is 2. The lowest BCUT2D eigenvalue weighted by Crippen LogP contribution is -2.41. The molecule has 0 spiro atoms. The Morgan fingerprint density at radius 2 is 2.03 bits per heavy atom. The number of rotatable bonds is 8. The highest BCUT2D eigenvalue weighted by molar-refractivity contribution is 7.16. The molecule has 2 amide bonds. The van der Waals surface area contributed by atoms with Gasteiger partial charge in [0.05, 0.1) is 12.2 Å². The number of para-hydroxylation sites is 1. The van der Waals surface area contributed by atoms with Gasteiger partial charge >= 0.3 is 6.09 Å². The molecule has 1 aromatic carbocycles.